The van der Waals surface area contributed by atoms with Crippen molar-refractivity contribution < 1.29 is 9.90 Å². The Morgan fingerprint density at radius 3 is 2.36 bits per heavy atom. The van der Waals surface area contributed by atoms with Gasteiger partial charge in [-0.3, -0.25) is 4.90 Å². The lowest BCUT2D eigenvalue weighted by molar-refractivity contribution is 0.0696. The Kier molecular flexibility index (Phi) is 7.64. The van der Waals surface area contributed by atoms with E-state index in [-0.39, 0.29) is 0 Å². The van der Waals surface area contributed by atoms with Gasteiger partial charge in [-0.1, -0.05) is 56.3 Å². The zero-order valence-corrected chi connectivity index (χ0v) is 15.1. The molecule has 4 nitrogen and oxygen atoms in total. The summed E-state index contributed by atoms with van der Waals surface area (Å²) in [5, 5.41) is 12.6. The number of hydrogen-bond acceptors (Lipinski definition) is 3. The average molecular weight is 340 g/mol. The maximum absolute atomic E-state index is 11.1. The molecule has 0 aliphatic heterocycles. The van der Waals surface area contributed by atoms with Gasteiger partial charge in [0.05, 0.1) is 5.56 Å². The third-order valence-electron chi connectivity index (χ3n) is 4.53. The SMILES string of the molecule is CCN(CC)C(CNCc1cccc(C(=O)O)c1)Cc1ccccc1. The Labute approximate surface area is 150 Å². The Hall–Kier alpha value is -2.17. The van der Waals surface area contributed by atoms with E-state index in [2.05, 4.69) is 48.3 Å². The molecule has 2 N–H and O–H groups in total. The second-order valence-corrected chi connectivity index (χ2v) is 6.20. The highest BCUT2D eigenvalue weighted by atomic mass is 16.4. The molecule has 0 radical (unpaired) electrons. The summed E-state index contributed by atoms with van der Waals surface area (Å²) in [5.74, 6) is -0.882. The van der Waals surface area contributed by atoms with Crippen molar-refractivity contribution in [1.82, 2.24) is 10.2 Å². The highest BCUT2D eigenvalue weighted by molar-refractivity contribution is 5.87. The van der Waals surface area contributed by atoms with Gasteiger partial charge in [-0.15, -0.1) is 0 Å². The number of aromatic carboxylic acids is 1. The first-order valence-corrected chi connectivity index (χ1v) is 8.95. The van der Waals surface area contributed by atoms with Gasteiger partial charge in [-0.25, -0.2) is 4.79 Å². The number of carboxylic acids is 1. The minimum atomic E-state index is -0.882. The molecule has 0 aromatic heterocycles. The van der Waals surface area contributed by atoms with Crippen LogP contribution in [0.2, 0.25) is 0 Å². The average Bonchev–Trinajstić information content (AvgIpc) is 2.63. The van der Waals surface area contributed by atoms with Crippen LogP contribution < -0.4 is 5.32 Å². The van der Waals surface area contributed by atoms with Crippen LogP contribution in [0, 0.1) is 0 Å². The number of carboxylic acid groups (broad SMARTS) is 1. The summed E-state index contributed by atoms with van der Waals surface area (Å²) < 4.78 is 0. The number of hydrogen-bond donors (Lipinski definition) is 2. The molecule has 0 saturated carbocycles. The van der Waals surface area contributed by atoms with Crippen molar-refractivity contribution in [3.63, 3.8) is 0 Å². The van der Waals surface area contributed by atoms with E-state index >= 15 is 0 Å². The first-order chi connectivity index (χ1) is 12.1. The number of rotatable bonds is 10. The van der Waals surface area contributed by atoms with Crippen molar-refractivity contribution >= 4 is 5.97 Å². The zero-order chi connectivity index (χ0) is 18.1. The van der Waals surface area contributed by atoms with Crippen LogP contribution in [-0.4, -0.2) is 41.7 Å². The Bertz CT molecular complexity index is 654. The van der Waals surface area contributed by atoms with E-state index in [0.29, 0.717) is 18.2 Å². The first kappa shape index (κ1) is 19.2. The molecule has 1 unspecified atom stereocenters. The third-order valence-corrected chi connectivity index (χ3v) is 4.53. The molecule has 2 aromatic rings. The Balaban J connectivity index is 1.97. The van der Waals surface area contributed by atoms with Crippen molar-refractivity contribution in [2.45, 2.75) is 32.9 Å². The molecule has 0 heterocycles. The molecule has 0 aliphatic rings. The van der Waals surface area contributed by atoms with E-state index in [0.717, 1.165) is 31.6 Å². The van der Waals surface area contributed by atoms with Crippen LogP contribution in [0.4, 0.5) is 0 Å². The molecule has 25 heavy (non-hydrogen) atoms. The lowest BCUT2D eigenvalue weighted by atomic mass is 10.0. The van der Waals surface area contributed by atoms with Gasteiger partial charge in [0, 0.05) is 19.1 Å². The fraction of sp³-hybridized carbons (Fsp3) is 0.381. The molecule has 2 rings (SSSR count). The van der Waals surface area contributed by atoms with Gasteiger partial charge in [0.1, 0.15) is 0 Å². The number of likely N-dealkylation sites (N-methyl/N-ethyl adjacent to an activating group) is 1. The van der Waals surface area contributed by atoms with E-state index in [1.54, 1.807) is 18.2 Å². The second-order valence-electron chi connectivity index (χ2n) is 6.20. The molecular weight excluding hydrogens is 312 g/mol. The molecule has 0 amide bonds. The predicted molar refractivity (Wildman–Crippen MR) is 102 cm³/mol. The molecule has 0 spiro atoms. The fourth-order valence-corrected chi connectivity index (χ4v) is 3.15. The Morgan fingerprint density at radius 2 is 1.72 bits per heavy atom. The maximum atomic E-state index is 11.1. The summed E-state index contributed by atoms with van der Waals surface area (Å²) in [7, 11) is 0. The number of nitrogens with zero attached hydrogens (tertiary/aromatic N) is 1. The van der Waals surface area contributed by atoms with E-state index < -0.39 is 5.97 Å². The van der Waals surface area contributed by atoms with Gasteiger partial charge in [-0.2, -0.15) is 0 Å². The largest absolute Gasteiger partial charge is 0.478 e. The second kappa shape index (κ2) is 9.97. The van der Waals surface area contributed by atoms with Gasteiger partial charge < -0.3 is 10.4 Å². The van der Waals surface area contributed by atoms with Crippen molar-refractivity contribution in [1.29, 1.82) is 0 Å². The van der Waals surface area contributed by atoms with Crippen molar-refractivity contribution in [2.75, 3.05) is 19.6 Å². The van der Waals surface area contributed by atoms with E-state index in [9.17, 15) is 4.79 Å². The van der Waals surface area contributed by atoms with Crippen molar-refractivity contribution in [2.24, 2.45) is 0 Å². The predicted octanol–water partition coefficient (Wildman–Crippen LogP) is 3.43. The summed E-state index contributed by atoms with van der Waals surface area (Å²) in [5.41, 5.74) is 2.68. The normalized spacial score (nSPS) is 12.3. The number of nitrogens with one attached hydrogen (secondary N) is 1. The molecule has 0 aliphatic carbocycles. The fourth-order valence-electron chi connectivity index (χ4n) is 3.15. The van der Waals surface area contributed by atoms with E-state index in [1.165, 1.54) is 5.56 Å². The van der Waals surface area contributed by atoms with Crippen LogP contribution in [-0.2, 0) is 13.0 Å². The van der Waals surface area contributed by atoms with Crippen LogP contribution in [0.3, 0.4) is 0 Å². The maximum Gasteiger partial charge on any atom is 0.335 e. The summed E-state index contributed by atoms with van der Waals surface area (Å²) in [6.07, 6.45) is 1.00. The molecule has 134 valence electrons. The molecular formula is C21H28N2O2. The van der Waals surface area contributed by atoms with Crippen molar-refractivity contribution in [3.05, 3.63) is 71.3 Å². The van der Waals surface area contributed by atoms with E-state index in [4.69, 9.17) is 5.11 Å². The summed E-state index contributed by atoms with van der Waals surface area (Å²) in [6.45, 7) is 7.96. The van der Waals surface area contributed by atoms with Crippen LogP contribution in [0.15, 0.2) is 54.6 Å². The third kappa shape index (κ3) is 6.00. The van der Waals surface area contributed by atoms with Crippen LogP contribution in [0.1, 0.15) is 35.3 Å². The highest BCUT2D eigenvalue weighted by Crippen LogP contribution is 2.10. The monoisotopic (exact) mass is 340 g/mol. The topological polar surface area (TPSA) is 52.6 Å². The summed E-state index contributed by atoms with van der Waals surface area (Å²) in [6, 6.07) is 18.1. The highest BCUT2D eigenvalue weighted by Gasteiger charge is 2.16. The first-order valence-electron chi connectivity index (χ1n) is 8.95. The molecule has 2 aromatic carbocycles. The minimum Gasteiger partial charge on any atom is -0.478 e. The van der Waals surface area contributed by atoms with Gasteiger partial charge in [0.2, 0.25) is 0 Å². The van der Waals surface area contributed by atoms with Gasteiger partial charge in [0.25, 0.3) is 0 Å². The number of benzene rings is 2. The molecule has 0 saturated heterocycles. The smallest absolute Gasteiger partial charge is 0.335 e. The van der Waals surface area contributed by atoms with Crippen LogP contribution in [0.5, 0.6) is 0 Å². The van der Waals surface area contributed by atoms with Gasteiger partial charge in [0.15, 0.2) is 0 Å². The molecule has 0 fully saturated rings. The quantitative estimate of drug-likeness (QED) is 0.696. The Morgan fingerprint density at radius 1 is 1.04 bits per heavy atom. The molecule has 4 heteroatoms. The lowest BCUT2D eigenvalue weighted by Crippen LogP contribution is -2.43. The zero-order valence-electron chi connectivity index (χ0n) is 15.1. The van der Waals surface area contributed by atoms with Crippen LogP contribution in [0.25, 0.3) is 0 Å². The number of carbonyl (C=O) groups is 1. The van der Waals surface area contributed by atoms with Crippen LogP contribution >= 0.6 is 0 Å². The van der Waals surface area contributed by atoms with Crippen molar-refractivity contribution in [3.8, 4) is 0 Å². The molecule has 0 bridgehead atoms. The summed E-state index contributed by atoms with van der Waals surface area (Å²) >= 11 is 0. The molecule has 1 atom stereocenters. The minimum absolute atomic E-state index is 0.337. The summed E-state index contributed by atoms with van der Waals surface area (Å²) in [4.78, 5) is 13.5. The van der Waals surface area contributed by atoms with E-state index in [1.807, 2.05) is 12.1 Å². The van der Waals surface area contributed by atoms with Gasteiger partial charge >= 0.3 is 5.97 Å². The lowest BCUT2D eigenvalue weighted by Gasteiger charge is -2.30. The standard InChI is InChI=1S/C21H28N2O2/c1-3-23(4-2)20(14-17-9-6-5-7-10-17)16-22-15-18-11-8-12-19(13-18)21(24)25/h5-13,20,22H,3-4,14-16H2,1-2H3,(H,24,25). The van der Waals surface area contributed by atoms with Gasteiger partial charge in [-0.05, 0) is 42.8 Å².